The molecule has 17 heavy (non-hydrogen) atoms. The highest BCUT2D eigenvalue weighted by Gasteiger charge is 2.21. The van der Waals surface area contributed by atoms with Gasteiger partial charge in [-0.15, -0.1) is 0 Å². The van der Waals surface area contributed by atoms with Crippen LogP contribution in [0.3, 0.4) is 0 Å². The molecule has 0 aromatic heterocycles. The maximum atomic E-state index is 11.9. The number of amides is 1. The summed E-state index contributed by atoms with van der Waals surface area (Å²) in [5.74, 6) is 0.584. The zero-order valence-electron chi connectivity index (χ0n) is 11.2. The molecular weight excluding hydrogens is 214 g/mol. The highest BCUT2D eigenvalue weighted by molar-refractivity contribution is 5.78. The van der Waals surface area contributed by atoms with Gasteiger partial charge in [-0.25, -0.2) is 0 Å². The van der Waals surface area contributed by atoms with E-state index in [9.17, 15) is 9.90 Å². The summed E-state index contributed by atoms with van der Waals surface area (Å²) in [5.41, 5.74) is 0. The van der Waals surface area contributed by atoms with Crippen LogP contribution >= 0.6 is 0 Å². The Morgan fingerprint density at radius 2 is 1.88 bits per heavy atom. The van der Waals surface area contributed by atoms with E-state index in [1.54, 1.807) is 0 Å². The van der Waals surface area contributed by atoms with Gasteiger partial charge in [0.2, 0.25) is 5.91 Å². The molecule has 3 nitrogen and oxygen atoms in total. The first kappa shape index (κ1) is 14.5. The minimum atomic E-state index is -0.408. The molecule has 1 saturated carbocycles. The number of carbonyl (C=O) groups excluding carboxylic acids is 1. The fourth-order valence-electron chi connectivity index (χ4n) is 2.36. The number of rotatable bonds is 5. The lowest BCUT2D eigenvalue weighted by Gasteiger charge is -2.20. The van der Waals surface area contributed by atoms with Crippen LogP contribution in [0.1, 0.15) is 58.8 Å². The van der Waals surface area contributed by atoms with Crippen LogP contribution in [-0.4, -0.2) is 23.7 Å². The average Bonchev–Trinajstić information content (AvgIpc) is 2.63. The number of carbonyl (C=O) groups is 1. The van der Waals surface area contributed by atoms with Crippen molar-refractivity contribution >= 4 is 5.91 Å². The van der Waals surface area contributed by atoms with Crippen molar-refractivity contribution < 1.29 is 9.90 Å². The van der Waals surface area contributed by atoms with E-state index in [1.165, 1.54) is 25.7 Å². The first-order valence-electron chi connectivity index (χ1n) is 7.11. The van der Waals surface area contributed by atoms with Crippen LogP contribution in [0.4, 0.5) is 0 Å². The Kier molecular flexibility index (Phi) is 6.56. The zero-order chi connectivity index (χ0) is 12.7. The van der Waals surface area contributed by atoms with E-state index in [4.69, 9.17) is 0 Å². The number of hydrogen-bond donors (Lipinski definition) is 2. The van der Waals surface area contributed by atoms with Crippen LogP contribution < -0.4 is 5.32 Å². The summed E-state index contributed by atoms with van der Waals surface area (Å²) in [4.78, 5) is 11.9. The summed E-state index contributed by atoms with van der Waals surface area (Å²) in [7, 11) is 0. The van der Waals surface area contributed by atoms with Crippen LogP contribution in [0.25, 0.3) is 0 Å². The maximum Gasteiger partial charge on any atom is 0.223 e. The number of hydrogen-bond acceptors (Lipinski definition) is 2. The van der Waals surface area contributed by atoms with Crippen molar-refractivity contribution in [2.24, 2.45) is 11.8 Å². The topological polar surface area (TPSA) is 49.3 Å². The second-order valence-corrected chi connectivity index (χ2v) is 5.39. The van der Waals surface area contributed by atoms with Gasteiger partial charge in [-0.3, -0.25) is 4.79 Å². The molecule has 1 fully saturated rings. The third-order valence-corrected chi connectivity index (χ3v) is 4.01. The summed E-state index contributed by atoms with van der Waals surface area (Å²) < 4.78 is 0. The minimum absolute atomic E-state index is 0.147. The van der Waals surface area contributed by atoms with Crippen molar-refractivity contribution in [1.29, 1.82) is 0 Å². The molecule has 3 heteroatoms. The molecular formula is C14H27NO2. The fourth-order valence-corrected chi connectivity index (χ4v) is 2.36. The third kappa shape index (κ3) is 5.07. The monoisotopic (exact) mass is 241 g/mol. The van der Waals surface area contributed by atoms with Gasteiger partial charge in [0.25, 0.3) is 0 Å². The lowest BCUT2D eigenvalue weighted by atomic mass is 9.98. The molecule has 0 spiro atoms. The second-order valence-electron chi connectivity index (χ2n) is 5.39. The summed E-state index contributed by atoms with van der Waals surface area (Å²) in [6.45, 7) is 4.48. The fraction of sp³-hybridized carbons (Fsp3) is 0.929. The largest absolute Gasteiger partial charge is 0.391 e. The predicted octanol–water partition coefficient (Wildman–Crippen LogP) is 2.48. The van der Waals surface area contributed by atoms with Crippen LogP contribution in [0.15, 0.2) is 0 Å². The van der Waals surface area contributed by atoms with Crippen molar-refractivity contribution in [2.45, 2.75) is 64.9 Å². The van der Waals surface area contributed by atoms with E-state index in [0.717, 1.165) is 19.3 Å². The Balaban J connectivity index is 2.28. The SMILES string of the molecule is CCC(C)C(O)CNC(=O)C1CCCCCC1. The standard InChI is InChI=1S/C14H27NO2/c1-3-11(2)13(16)10-15-14(17)12-8-6-4-5-7-9-12/h11-13,16H,3-10H2,1-2H3,(H,15,17). The molecule has 0 bridgehead atoms. The molecule has 0 radical (unpaired) electrons. The van der Waals surface area contributed by atoms with E-state index < -0.39 is 6.10 Å². The molecule has 1 aliphatic carbocycles. The number of aliphatic hydroxyl groups excluding tert-OH is 1. The molecule has 0 aromatic carbocycles. The predicted molar refractivity (Wildman–Crippen MR) is 69.7 cm³/mol. The summed E-state index contributed by atoms with van der Waals surface area (Å²) >= 11 is 0. The lowest BCUT2D eigenvalue weighted by Crippen LogP contribution is -2.38. The van der Waals surface area contributed by atoms with Gasteiger partial charge in [-0.1, -0.05) is 46.0 Å². The molecule has 0 saturated heterocycles. The highest BCUT2D eigenvalue weighted by Crippen LogP contribution is 2.22. The molecule has 1 amide bonds. The Morgan fingerprint density at radius 1 is 1.29 bits per heavy atom. The quantitative estimate of drug-likeness (QED) is 0.726. The van der Waals surface area contributed by atoms with Crippen molar-refractivity contribution in [3.63, 3.8) is 0 Å². The van der Waals surface area contributed by atoms with Crippen molar-refractivity contribution in [1.82, 2.24) is 5.32 Å². The number of aliphatic hydroxyl groups is 1. The molecule has 2 N–H and O–H groups in total. The minimum Gasteiger partial charge on any atom is -0.391 e. The summed E-state index contributed by atoms with van der Waals surface area (Å²) in [6.07, 6.45) is 7.45. The Bertz CT molecular complexity index is 222. The molecule has 1 aliphatic rings. The zero-order valence-corrected chi connectivity index (χ0v) is 11.2. The lowest BCUT2D eigenvalue weighted by molar-refractivity contribution is -0.126. The van der Waals surface area contributed by atoms with Gasteiger partial charge in [-0.2, -0.15) is 0 Å². The average molecular weight is 241 g/mol. The van der Waals surface area contributed by atoms with Crippen LogP contribution in [0.5, 0.6) is 0 Å². The van der Waals surface area contributed by atoms with Crippen LogP contribution in [0.2, 0.25) is 0 Å². The van der Waals surface area contributed by atoms with Crippen LogP contribution in [0, 0.1) is 11.8 Å². The smallest absolute Gasteiger partial charge is 0.223 e. The van der Waals surface area contributed by atoms with Gasteiger partial charge in [0.05, 0.1) is 6.10 Å². The molecule has 0 aromatic rings. The summed E-state index contributed by atoms with van der Waals surface area (Å²) in [6, 6.07) is 0. The number of nitrogens with one attached hydrogen (secondary N) is 1. The Hall–Kier alpha value is -0.570. The van der Waals surface area contributed by atoms with Crippen molar-refractivity contribution in [3.8, 4) is 0 Å². The first-order chi connectivity index (χ1) is 8.15. The molecule has 2 unspecified atom stereocenters. The maximum absolute atomic E-state index is 11.9. The van der Waals surface area contributed by atoms with Gasteiger partial charge in [-0.05, 0) is 18.8 Å². The molecule has 0 heterocycles. The van der Waals surface area contributed by atoms with Gasteiger partial charge >= 0.3 is 0 Å². The van der Waals surface area contributed by atoms with Gasteiger partial charge in [0, 0.05) is 12.5 Å². The second kappa shape index (κ2) is 7.70. The molecule has 0 aliphatic heterocycles. The Morgan fingerprint density at radius 3 is 2.41 bits per heavy atom. The van der Waals surface area contributed by atoms with Gasteiger partial charge in [0.1, 0.15) is 0 Å². The van der Waals surface area contributed by atoms with Crippen molar-refractivity contribution in [3.05, 3.63) is 0 Å². The van der Waals surface area contributed by atoms with Gasteiger partial charge < -0.3 is 10.4 Å². The van der Waals surface area contributed by atoms with E-state index >= 15 is 0 Å². The van der Waals surface area contributed by atoms with Gasteiger partial charge in [0.15, 0.2) is 0 Å². The molecule has 100 valence electrons. The third-order valence-electron chi connectivity index (χ3n) is 4.01. The van der Waals surface area contributed by atoms with E-state index in [1.807, 2.05) is 6.92 Å². The van der Waals surface area contributed by atoms with E-state index in [2.05, 4.69) is 12.2 Å². The van der Waals surface area contributed by atoms with E-state index in [0.29, 0.717) is 6.54 Å². The Labute approximate surface area is 105 Å². The normalized spacial score (nSPS) is 21.6. The molecule has 2 atom stereocenters. The van der Waals surface area contributed by atoms with Crippen molar-refractivity contribution in [2.75, 3.05) is 6.54 Å². The first-order valence-corrected chi connectivity index (χ1v) is 7.11. The van der Waals surface area contributed by atoms with E-state index in [-0.39, 0.29) is 17.7 Å². The molecule has 1 rings (SSSR count). The summed E-state index contributed by atoms with van der Waals surface area (Å²) in [5, 5.41) is 12.7. The highest BCUT2D eigenvalue weighted by atomic mass is 16.3. The van der Waals surface area contributed by atoms with Crippen LogP contribution in [-0.2, 0) is 4.79 Å².